The Bertz CT molecular complexity index is 1100. The highest BCUT2D eigenvalue weighted by molar-refractivity contribution is 5.78. The van der Waals surface area contributed by atoms with Crippen LogP contribution in [-0.2, 0) is 11.3 Å². The summed E-state index contributed by atoms with van der Waals surface area (Å²) in [5.74, 6) is 1.48. The number of hydrogen-bond donors (Lipinski definition) is 2. The SMILES string of the molecule is COc1cc(O)c(C(CC(=O)NCc2ccccc2)c2ccc3c(c2)OCO3)c(OC)c1. The van der Waals surface area contributed by atoms with Crippen LogP contribution in [0, 0.1) is 0 Å². The third-order valence-electron chi connectivity index (χ3n) is 5.42. The summed E-state index contributed by atoms with van der Waals surface area (Å²) >= 11 is 0. The van der Waals surface area contributed by atoms with Crippen molar-refractivity contribution in [3.8, 4) is 28.7 Å². The molecule has 0 fully saturated rings. The maximum Gasteiger partial charge on any atom is 0.231 e. The molecule has 0 aliphatic carbocycles. The molecule has 0 aromatic heterocycles. The molecule has 0 bridgehead atoms. The minimum Gasteiger partial charge on any atom is -0.507 e. The minimum absolute atomic E-state index is 0.0141. The van der Waals surface area contributed by atoms with Crippen molar-refractivity contribution in [1.82, 2.24) is 5.32 Å². The number of carbonyl (C=O) groups is 1. The Kier molecular flexibility index (Phi) is 6.35. The van der Waals surface area contributed by atoms with Gasteiger partial charge in [0.25, 0.3) is 0 Å². The third kappa shape index (κ3) is 4.56. The van der Waals surface area contributed by atoms with Crippen LogP contribution in [0.4, 0.5) is 0 Å². The molecule has 7 heteroatoms. The maximum atomic E-state index is 12.9. The van der Waals surface area contributed by atoms with Crippen LogP contribution in [0.1, 0.15) is 29.0 Å². The Morgan fingerprint density at radius 1 is 1.03 bits per heavy atom. The quantitative estimate of drug-likeness (QED) is 0.557. The lowest BCUT2D eigenvalue weighted by Gasteiger charge is -2.22. The summed E-state index contributed by atoms with van der Waals surface area (Å²) in [5.41, 5.74) is 2.30. The molecule has 166 valence electrons. The predicted molar refractivity (Wildman–Crippen MR) is 119 cm³/mol. The van der Waals surface area contributed by atoms with Gasteiger partial charge in [-0.1, -0.05) is 36.4 Å². The molecule has 0 saturated carbocycles. The van der Waals surface area contributed by atoms with Crippen LogP contribution in [0.3, 0.4) is 0 Å². The van der Waals surface area contributed by atoms with Crippen LogP contribution in [0.15, 0.2) is 60.7 Å². The minimum atomic E-state index is -0.485. The molecule has 3 aromatic carbocycles. The zero-order valence-electron chi connectivity index (χ0n) is 18.0. The average Bonchev–Trinajstić information content (AvgIpc) is 3.29. The molecule has 2 N–H and O–H groups in total. The van der Waals surface area contributed by atoms with Crippen molar-refractivity contribution in [2.45, 2.75) is 18.9 Å². The fourth-order valence-corrected chi connectivity index (χ4v) is 3.79. The number of phenols is 1. The standard InChI is InChI=1S/C25H25NO6/c1-29-18-11-20(27)25(23(12-18)30-2)19(17-8-9-21-22(10-17)32-15-31-21)13-24(28)26-14-16-6-4-3-5-7-16/h3-12,19,27H,13-15H2,1-2H3,(H,26,28). The number of methoxy groups -OCH3 is 2. The van der Waals surface area contributed by atoms with Gasteiger partial charge in [-0.15, -0.1) is 0 Å². The highest BCUT2D eigenvalue weighted by Crippen LogP contribution is 2.45. The number of fused-ring (bicyclic) bond motifs is 1. The summed E-state index contributed by atoms with van der Waals surface area (Å²) < 4.78 is 21.7. The molecule has 1 heterocycles. The smallest absolute Gasteiger partial charge is 0.231 e. The number of ether oxygens (including phenoxy) is 4. The van der Waals surface area contributed by atoms with Gasteiger partial charge < -0.3 is 29.4 Å². The number of benzene rings is 3. The van der Waals surface area contributed by atoms with Gasteiger partial charge in [0.15, 0.2) is 11.5 Å². The highest BCUT2D eigenvalue weighted by atomic mass is 16.7. The number of nitrogens with one attached hydrogen (secondary N) is 1. The average molecular weight is 435 g/mol. The first-order valence-corrected chi connectivity index (χ1v) is 10.2. The number of aromatic hydroxyl groups is 1. The van der Waals surface area contributed by atoms with Gasteiger partial charge in [-0.25, -0.2) is 0 Å². The first-order valence-electron chi connectivity index (χ1n) is 10.2. The molecule has 0 spiro atoms. The first kappa shape index (κ1) is 21.4. The number of rotatable bonds is 8. The van der Waals surface area contributed by atoms with Crippen molar-refractivity contribution in [1.29, 1.82) is 0 Å². The van der Waals surface area contributed by atoms with Crippen molar-refractivity contribution in [3.05, 3.63) is 77.4 Å². The molecular weight excluding hydrogens is 410 g/mol. The molecular formula is C25H25NO6. The Morgan fingerprint density at radius 3 is 2.56 bits per heavy atom. The summed E-state index contributed by atoms with van der Waals surface area (Å²) in [6.07, 6.45) is 0.0999. The molecule has 0 saturated heterocycles. The van der Waals surface area contributed by atoms with Gasteiger partial charge in [-0.05, 0) is 23.3 Å². The Hall–Kier alpha value is -3.87. The predicted octanol–water partition coefficient (Wildman–Crippen LogP) is 3.98. The number of phenolic OH excluding ortho intramolecular Hbond substituents is 1. The van der Waals surface area contributed by atoms with Gasteiger partial charge in [0.2, 0.25) is 12.7 Å². The van der Waals surface area contributed by atoms with Crippen molar-refractivity contribution in [3.63, 3.8) is 0 Å². The lowest BCUT2D eigenvalue weighted by Crippen LogP contribution is -2.25. The largest absolute Gasteiger partial charge is 0.507 e. The second kappa shape index (κ2) is 9.51. The molecule has 1 aliphatic heterocycles. The van der Waals surface area contributed by atoms with Crippen LogP contribution in [-0.4, -0.2) is 32.0 Å². The monoisotopic (exact) mass is 435 g/mol. The van der Waals surface area contributed by atoms with Crippen LogP contribution in [0.25, 0.3) is 0 Å². The van der Waals surface area contributed by atoms with E-state index >= 15 is 0 Å². The van der Waals surface area contributed by atoms with Gasteiger partial charge >= 0.3 is 0 Å². The Balaban J connectivity index is 1.67. The van der Waals surface area contributed by atoms with Gasteiger partial charge in [0, 0.05) is 36.6 Å². The topological polar surface area (TPSA) is 86.3 Å². The van der Waals surface area contributed by atoms with Crippen molar-refractivity contribution in [2.75, 3.05) is 21.0 Å². The van der Waals surface area contributed by atoms with Crippen LogP contribution < -0.4 is 24.3 Å². The maximum absolute atomic E-state index is 12.9. The van der Waals surface area contributed by atoms with E-state index < -0.39 is 5.92 Å². The zero-order valence-corrected chi connectivity index (χ0v) is 18.0. The van der Waals surface area contributed by atoms with E-state index in [2.05, 4.69) is 5.32 Å². The van der Waals surface area contributed by atoms with Gasteiger partial charge in [-0.3, -0.25) is 4.79 Å². The van der Waals surface area contributed by atoms with E-state index in [0.29, 0.717) is 35.1 Å². The van der Waals surface area contributed by atoms with E-state index in [1.807, 2.05) is 42.5 Å². The lowest BCUT2D eigenvalue weighted by molar-refractivity contribution is -0.121. The fourth-order valence-electron chi connectivity index (χ4n) is 3.79. The zero-order chi connectivity index (χ0) is 22.5. The summed E-state index contributed by atoms with van der Waals surface area (Å²) in [6, 6.07) is 18.4. The van der Waals surface area contributed by atoms with E-state index in [0.717, 1.165) is 11.1 Å². The van der Waals surface area contributed by atoms with Crippen LogP contribution in [0.5, 0.6) is 28.7 Å². The van der Waals surface area contributed by atoms with Gasteiger partial charge in [0.1, 0.15) is 17.2 Å². The van der Waals surface area contributed by atoms with E-state index in [9.17, 15) is 9.90 Å². The molecule has 1 amide bonds. The van der Waals surface area contributed by atoms with E-state index in [1.54, 1.807) is 12.1 Å². The highest BCUT2D eigenvalue weighted by Gasteiger charge is 2.27. The first-order chi connectivity index (χ1) is 15.6. The summed E-state index contributed by atoms with van der Waals surface area (Å²) in [5, 5.41) is 13.8. The molecule has 3 aromatic rings. The lowest BCUT2D eigenvalue weighted by atomic mass is 9.86. The molecule has 32 heavy (non-hydrogen) atoms. The summed E-state index contributed by atoms with van der Waals surface area (Å²) in [7, 11) is 3.03. The normalized spacial score (nSPS) is 12.8. The number of amides is 1. The molecule has 1 atom stereocenters. The van der Waals surface area contributed by atoms with Gasteiger partial charge in [-0.2, -0.15) is 0 Å². The summed E-state index contributed by atoms with van der Waals surface area (Å²) in [6.45, 7) is 0.567. The summed E-state index contributed by atoms with van der Waals surface area (Å²) in [4.78, 5) is 12.9. The number of carbonyl (C=O) groups excluding carboxylic acids is 1. The van der Waals surface area contributed by atoms with Crippen molar-refractivity contribution >= 4 is 5.91 Å². The Morgan fingerprint density at radius 2 is 1.81 bits per heavy atom. The molecule has 7 nitrogen and oxygen atoms in total. The molecule has 1 aliphatic rings. The third-order valence-corrected chi connectivity index (χ3v) is 5.42. The fraction of sp³-hybridized carbons (Fsp3) is 0.240. The molecule has 0 radical (unpaired) electrons. The van der Waals surface area contributed by atoms with E-state index in [1.165, 1.54) is 20.3 Å². The van der Waals surface area contributed by atoms with E-state index in [4.69, 9.17) is 18.9 Å². The van der Waals surface area contributed by atoms with Gasteiger partial charge in [0.05, 0.1) is 14.2 Å². The molecule has 4 rings (SSSR count). The van der Waals surface area contributed by atoms with Crippen molar-refractivity contribution < 1.29 is 28.8 Å². The van der Waals surface area contributed by atoms with E-state index in [-0.39, 0.29) is 24.9 Å². The Labute approximate surface area is 186 Å². The van der Waals surface area contributed by atoms with Crippen LogP contribution >= 0.6 is 0 Å². The van der Waals surface area contributed by atoms with Crippen LogP contribution in [0.2, 0.25) is 0 Å². The second-order valence-corrected chi connectivity index (χ2v) is 7.39. The number of hydrogen-bond acceptors (Lipinski definition) is 6. The van der Waals surface area contributed by atoms with Crippen molar-refractivity contribution in [2.24, 2.45) is 0 Å². The second-order valence-electron chi connectivity index (χ2n) is 7.39. The molecule has 1 unspecified atom stereocenters.